The van der Waals surface area contributed by atoms with E-state index in [0.29, 0.717) is 6.42 Å². The predicted octanol–water partition coefficient (Wildman–Crippen LogP) is 2.63. The molecule has 0 fully saturated rings. The van der Waals surface area contributed by atoms with Crippen molar-refractivity contribution in [2.75, 3.05) is 0 Å². The second-order valence-corrected chi connectivity index (χ2v) is 4.50. The molecule has 3 heteroatoms. The lowest BCUT2D eigenvalue weighted by Gasteiger charge is -2.05. The Labute approximate surface area is 107 Å². The van der Waals surface area contributed by atoms with Gasteiger partial charge in [-0.25, -0.2) is 4.98 Å². The predicted molar refractivity (Wildman–Crippen MR) is 71.5 cm³/mol. The molecule has 0 aliphatic rings. The molecule has 1 heterocycles. The van der Waals surface area contributed by atoms with Gasteiger partial charge in [0, 0.05) is 31.8 Å². The van der Waals surface area contributed by atoms with Crippen molar-refractivity contribution in [1.29, 1.82) is 0 Å². The van der Waals surface area contributed by atoms with Crippen LogP contribution in [0.2, 0.25) is 0 Å². The number of rotatable bonds is 5. The first-order valence-corrected chi connectivity index (χ1v) is 6.26. The average Bonchev–Trinajstić information content (AvgIpc) is 2.78. The van der Waals surface area contributed by atoms with E-state index in [1.54, 1.807) is 6.92 Å². The monoisotopic (exact) mass is 242 g/mol. The summed E-state index contributed by atoms with van der Waals surface area (Å²) in [7, 11) is 0. The Balaban J connectivity index is 2.08. The lowest BCUT2D eigenvalue weighted by atomic mass is 10.1. The van der Waals surface area contributed by atoms with Gasteiger partial charge in [-0.15, -0.1) is 0 Å². The fourth-order valence-corrected chi connectivity index (χ4v) is 2.04. The molecule has 3 nitrogen and oxygen atoms in total. The summed E-state index contributed by atoms with van der Waals surface area (Å²) in [5.41, 5.74) is 2.30. The van der Waals surface area contributed by atoms with Gasteiger partial charge in [-0.3, -0.25) is 4.79 Å². The highest BCUT2D eigenvalue weighted by molar-refractivity contribution is 5.78. The van der Waals surface area contributed by atoms with Gasteiger partial charge in [-0.2, -0.15) is 0 Å². The molecule has 2 aromatic rings. The zero-order chi connectivity index (χ0) is 13.0. The minimum Gasteiger partial charge on any atom is -0.335 e. The number of aromatic nitrogens is 2. The van der Waals surface area contributed by atoms with Crippen molar-refractivity contribution in [3.05, 3.63) is 53.6 Å². The van der Waals surface area contributed by atoms with E-state index in [-0.39, 0.29) is 5.78 Å². The zero-order valence-corrected chi connectivity index (χ0v) is 10.9. The first-order chi connectivity index (χ1) is 8.69. The van der Waals surface area contributed by atoms with Crippen molar-refractivity contribution in [3.8, 4) is 0 Å². The highest BCUT2D eigenvalue weighted by Crippen LogP contribution is 2.10. The first-order valence-electron chi connectivity index (χ1n) is 6.26. The van der Waals surface area contributed by atoms with Crippen LogP contribution < -0.4 is 0 Å². The first kappa shape index (κ1) is 12.6. The number of carbonyl (C=O) groups excluding carboxylic acids is 1. The largest absolute Gasteiger partial charge is 0.335 e. The van der Waals surface area contributed by atoms with Gasteiger partial charge in [0.1, 0.15) is 11.6 Å². The molecular weight excluding hydrogens is 224 g/mol. The van der Waals surface area contributed by atoms with E-state index in [4.69, 9.17) is 0 Å². The number of nitrogens with zero attached hydrogens (tertiary/aromatic N) is 2. The highest BCUT2D eigenvalue weighted by Gasteiger charge is 2.03. The number of hydrogen-bond acceptors (Lipinski definition) is 2. The van der Waals surface area contributed by atoms with E-state index in [0.717, 1.165) is 24.4 Å². The van der Waals surface area contributed by atoms with Crippen LogP contribution in [0.25, 0.3) is 0 Å². The SMILES string of the molecule is CCn1ccnc1Cc1ccc(CC(C)=O)cc1. The van der Waals surface area contributed by atoms with E-state index in [9.17, 15) is 4.79 Å². The molecule has 0 atom stereocenters. The van der Waals surface area contributed by atoms with Gasteiger partial charge in [0.2, 0.25) is 0 Å². The van der Waals surface area contributed by atoms with Crippen LogP contribution in [0.1, 0.15) is 30.8 Å². The van der Waals surface area contributed by atoms with Crippen molar-refractivity contribution < 1.29 is 4.79 Å². The highest BCUT2D eigenvalue weighted by atomic mass is 16.1. The maximum absolute atomic E-state index is 11.0. The number of aryl methyl sites for hydroxylation is 1. The lowest BCUT2D eigenvalue weighted by Crippen LogP contribution is -2.02. The molecule has 2 rings (SSSR count). The quantitative estimate of drug-likeness (QED) is 0.808. The van der Waals surface area contributed by atoms with Crippen molar-refractivity contribution in [3.63, 3.8) is 0 Å². The summed E-state index contributed by atoms with van der Waals surface area (Å²) in [6.45, 7) is 4.67. The topological polar surface area (TPSA) is 34.9 Å². The van der Waals surface area contributed by atoms with E-state index in [2.05, 4.69) is 28.6 Å². The molecule has 0 saturated heterocycles. The normalized spacial score (nSPS) is 10.6. The van der Waals surface area contributed by atoms with E-state index in [1.807, 2.05) is 24.5 Å². The van der Waals surface area contributed by atoms with Gasteiger partial charge < -0.3 is 4.57 Å². The van der Waals surface area contributed by atoms with Crippen LogP contribution >= 0.6 is 0 Å². The maximum atomic E-state index is 11.0. The number of benzene rings is 1. The van der Waals surface area contributed by atoms with Crippen LogP contribution in [0, 0.1) is 0 Å². The van der Waals surface area contributed by atoms with Crippen LogP contribution in [0.5, 0.6) is 0 Å². The Bertz CT molecular complexity index is 526. The Morgan fingerprint density at radius 3 is 2.50 bits per heavy atom. The summed E-state index contributed by atoms with van der Waals surface area (Å²) >= 11 is 0. The number of Topliss-reactive ketones (excluding diaryl/α,β-unsaturated/α-hetero) is 1. The van der Waals surface area contributed by atoms with Gasteiger partial charge in [-0.05, 0) is 25.0 Å². The second-order valence-electron chi connectivity index (χ2n) is 4.50. The summed E-state index contributed by atoms with van der Waals surface area (Å²) in [5, 5.41) is 0. The molecule has 0 radical (unpaired) electrons. The van der Waals surface area contributed by atoms with Gasteiger partial charge in [0.05, 0.1) is 0 Å². The van der Waals surface area contributed by atoms with Crippen molar-refractivity contribution >= 4 is 5.78 Å². The fourth-order valence-electron chi connectivity index (χ4n) is 2.04. The molecule has 0 unspecified atom stereocenters. The molecule has 18 heavy (non-hydrogen) atoms. The van der Waals surface area contributed by atoms with E-state index >= 15 is 0 Å². The molecule has 0 bridgehead atoms. The Kier molecular flexibility index (Phi) is 3.92. The molecule has 0 N–H and O–H groups in total. The van der Waals surface area contributed by atoms with Crippen molar-refractivity contribution in [1.82, 2.24) is 9.55 Å². The summed E-state index contributed by atoms with van der Waals surface area (Å²) in [5.74, 6) is 1.28. The molecule has 0 amide bonds. The Hall–Kier alpha value is -1.90. The van der Waals surface area contributed by atoms with Crippen LogP contribution in [0.4, 0.5) is 0 Å². The molecule has 94 valence electrons. The van der Waals surface area contributed by atoms with Gasteiger partial charge in [0.25, 0.3) is 0 Å². The van der Waals surface area contributed by atoms with Gasteiger partial charge >= 0.3 is 0 Å². The smallest absolute Gasteiger partial charge is 0.134 e. The lowest BCUT2D eigenvalue weighted by molar-refractivity contribution is -0.116. The zero-order valence-electron chi connectivity index (χ0n) is 10.9. The van der Waals surface area contributed by atoms with Crippen LogP contribution in [-0.2, 0) is 24.2 Å². The third-order valence-corrected chi connectivity index (χ3v) is 2.98. The van der Waals surface area contributed by atoms with Crippen LogP contribution in [-0.4, -0.2) is 15.3 Å². The van der Waals surface area contributed by atoms with Crippen molar-refractivity contribution in [2.24, 2.45) is 0 Å². The van der Waals surface area contributed by atoms with Crippen LogP contribution in [0.3, 0.4) is 0 Å². The second kappa shape index (κ2) is 5.63. The maximum Gasteiger partial charge on any atom is 0.134 e. The minimum absolute atomic E-state index is 0.198. The fraction of sp³-hybridized carbons (Fsp3) is 0.333. The Morgan fingerprint density at radius 2 is 1.89 bits per heavy atom. The van der Waals surface area contributed by atoms with E-state index in [1.165, 1.54) is 5.56 Å². The van der Waals surface area contributed by atoms with E-state index < -0.39 is 0 Å². The molecule has 1 aromatic heterocycles. The average molecular weight is 242 g/mol. The van der Waals surface area contributed by atoms with Crippen LogP contribution in [0.15, 0.2) is 36.7 Å². The third kappa shape index (κ3) is 3.06. The van der Waals surface area contributed by atoms with Gasteiger partial charge in [0.15, 0.2) is 0 Å². The molecular formula is C15H18N2O. The Morgan fingerprint density at radius 1 is 1.22 bits per heavy atom. The minimum atomic E-state index is 0.198. The number of carbonyl (C=O) groups is 1. The summed E-state index contributed by atoms with van der Waals surface area (Å²) in [6, 6.07) is 8.20. The number of imidazole rings is 1. The number of ketones is 1. The molecule has 0 aliphatic heterocycles. The molecule has 0 spiro atoms. The van der Waals surface area contributed by atoms with Gasteiger partial charge in [-0.1, -0.05) is 24.3 Å². The van der Waals surface area contributed by atoms with Crippen molar-refractivity contribution in [2.45, 2.75) is 33.2 Å². The molecule has 0 saturated carbocycles. The third-order valence-electron chi connectivity index (χ3n) is 2.98. The number of hydrogen-bond donors (Lipinski definition) is 0. The summed E-state index contributed by atoms with van der Waals surface area (Å²) in [6.07, 6.45) is 5.19. The summed E-state index contributed by atoms with van der Waals surface area (Å²) < 4.78 is 2.14. The standard InChI is InChI=1S/C15H18N2O/c1-3-17-9-8-16-15(17)11-14-6-4-13(5-7-14)10-12(2)18/h4-9H,3,10-11H2,1-2H3. The summed E-state index contributed by atoms with van der Waals surface area (Å²) in [4.78, 5) is 15.4. The molecule has 1 aromatic carbocycles. The molecule has 0 aliphatic carbocycles.